The van der Waals surface area contributed by atoms with Crippen LogP contribution in [0.3, 0.4) is 0 Å². The van der Waals surface area contributed by atoms with Gasteiger partial charge in [-0.1, -0.05) is 47.1 Å². The van der Waals surface area contributed by atoms with Crippen LogP contribution in [-0.2, 0) is 23.3 Å². The van der Waals surface area contributed by atoms with E-state index in [4.69, 9.17) is 34.8 Å². The van der Waals surface area contributed by atoms with Gasteiger partial charge in [-0.15, -0.1) is 0 Å². The number of nitrogens with zero attached hydrogens (tertiary/aromatic N) is 2. The number of hydrogen-bond donors (Lipinski definition) is 2. The van der Waals surface area contributed by atoms with E-state index in [1.807, 2.05) is 24.0 Å². The number of halogens is 5. The van der Waals surface area contributed by atoms with Gasteiger partial charge in [0.25, 0.3) is 11.5 Å². The summed E-state index contributed by atoms with van der Waals surface area (Å²) in [6.07, 6.45) is 0.749. The Kier molecular flexibility index (Phi) is 8.92. The molecule has 4 rings (SSSR count). The molecule has 13 heteroatoms. The molecule has 1 atom stereocenters. The van der Waals surface area contributed by atoms with E-state index in [0.29, 0.717) is 17.1 Å². The average molecular weight is 616 g/mol. The van der Waals surface area contributed by atoms with Crippen LogP contribution in [0.2, 0.25) is 10.0 Å². The zero-order valence-electron chi connectivity index (χ0n) is 20.7. The summed E-state index contributed by atoms with van der Waals surface area (Å²) < 4.78 is 27.9. The molecule has 0 fully saturated rings. The molecule has 0 spiro atoms. The molecule has 39 heavy (non-hydrogen) atoms. The molecule has 3 aromatic rings. The number of fused-ring (bicyclic) bond motifs is 1. The monoisotopic (exact) mass is 614 g/mol. The van der Waals surface area contributed by atoms with Crippen LogP contribution in [0, 0.1) is 0 Å². The number of hydrogen-bond acceptors (Lipinski definition) is 5. The molecule has 0 saturated carbocycles. The summed E-state index contributed by atoms with van der Waals surface area (Å²) in [5.41, 5.74) is 0.0716. The minimum Gasteiger partial charge on any atom is -0.330 e. The largest absolute Gasteiger partial charge is 0.362 e. The molecule has 206 valence electrons. The van der Waals surface area contributed by atoms with Gasteiger partial charge >= 0.3 is 5.38 Å². The minimum absolute atomic E-state index is 0.0706. The molecule has 2 aromatic carbocycles. The molecular formula is C26H23Cl3F2N4O3S. The first kappa shape index (κ1) is 29.4. The number of carbonyl (C=O) groups is 2. The predicted octanol–water partition coefficient (Wildman–Crippen LogP) is 5.85. The Labute approximate surface area is 242 Å². The maximum absolute atomic E-state index is 14.0. The molecule has 1 unspecified atom stereocenters. The molecular weight excluding hydrogens is 593 g/mol. The Hall–Kier alpha value is -2.63. The van der Waals surface area contributed by atoms with Crippen molar-refractivity contribution < 1.29 is 18.4 Å². The molecule has 0 aliphatic carbocycles. The van der Waals surface area contributed by atoms with Gasteiger partial charge < -0.3 is 20.1 Å². The van der Waals surface area contributed by atoms with Crippen molar-refractivity contribution in [3.8, 4) is 0 Å². The number of rotatable bonds is 9. The summed E-state index contributed by atoms with van der Waals surface area (Å²) in [7, 11) is 1.79. The quantitative estimate of drug-likeness (QED) is 0.233. The van der Waals surface area contributed by atoms with E-state index in [1.165, 1.54) is 4.90 Å². The fourth-order valence-electron chi connectivity index (χ4n) is 4.32. The fourth-order valence-corrected chi connectivity index (χ4v) is 6.06. The molecule has 2 N–H and O–H groups in total. The number of anilines is 1. The molecule has 2 heterocycles. The number of alkyl halides is 3. The van der Waals surface area contributed by atoms with Crippen molar-refractivity contribution in [3.05, 3.63) is 85.2 Å². The summed E-state index contributed by atoms with van der Waals surface area (Å²) in [5, 5.41) is -0.405. The standard InChI is InChI=1S/C26H23Cl3F2N4O3S/c1-14(10-32-2)35(13-36)17-7-6-15-11-34(12-16(15)8-17)25(38)22-20(9-21(26(29,30)31)33-24(22)37)39-23-18(27)4-3-5-19(23)28/h3-9,13-14,32H,10-12H2,1-2H3,(H,33,37). The zero-order chi connectivity index (χ0) is 28.5. The summed E-state index contributed by atoms with van der Waals surface area (Å²) >= 11 is 18.6. The maximum Gasteiger partial charge on any atom is 0.362 e. The smallest absolute Gasteiger partial charge is 0.330 e. The van der Waals surface area contributed by atoms with E-state index in [9.17, 15) is 23.2 Å². The number of aromatic amines is 1. The Morgan fingerprint density at radius 3 is 2.49 bits per heavy atom. The van der Waals surface area contributed by atoms with Gasteiger partial charge in [-0.3, -0.25) is 14.4 Å². The van der Waals surface area contributed by atoms with Crippen molar-refractivity contribution in [1.29, 1.82) is 0 Å². The van der Waals surface area contributed by atoms with Gasteiger partial charge in [0, 0.05) is 41.2 Å². The van der Waals surface area contributed by atoms with E-state index >= 15 is 0 Å². The van der Waals surface area contributed by atoms with Gasteiger partial charge in [0.2, 0.25) is 6.41 Å². The molecule has 1 aromatic heterocycles. The number of pyridine rings is 1. The highest BCUT2D eigenvalue weighted by molar-refractivity contribution is 7.99. The highest BCUT2D eigenvalue weighted by Gasteiger charge is 2.34. The van der Waals surface area contributed by atoms with Crippen molar-refractivity contribution >= 4 is 64.6 Å². The lowest BCUT2D eigenvalue weighted by Crippen LogP contribution is -2.38. The normalized spacial score (nSPS) is 13.8. The van der Waals surface area contributed by atoms with Crippen LogP contribution in [0.15, 0.2) is 57.1 Å². The number of benzene rings is 2. The number of nitrogens with one attached hydrogen (secondary N) is 2. The summed E-state index contributed by atoms with van der Waals surface area (Å²) in [4.78, 5) is 43.7. The van der Waals surface area contributed by atoms with Gasteiger partial charge in [0.15, 0.2) is 0 Å². The second-order valence-electron chi connectivity index (χ2n) is 8.94. The van der Waals surface area contributed by atoms with E-state index in [-0.39, 0.29) is 39.6 Å². The van der Waals surface area contributed by atoms with Gasteiger partial charge in [0.05, 0.1) is 10.0 Å². The third-order valence-electron chi connectivity index (χ3n) is 6.23. The molecule has 0 saturated heterocycles. The van der Waals surface area contributed by atoms with E-state index < -0.39 is 22.5 Å². The van der Waals surface area contributed by atoms with Crippen LogP contribution in [-0.4, -0.2) is 41.8 Å². The van der Waals surface area contributed by atoms with Crippen molar-refractivity contribution in [2.24, 2.45) is 0 Å². The molecule has 2 amide bonds. The third kappa shape index (κ3) is 6.25. The second-order valence-corrected chi connectivity index (χ2v) is 11.3. The lowest BCUT2D eigenvalue weighted by Gasteiger charge is -2.25. The Bertz CT molecular complexity index is 1460. The van der Waals surface area contributed by atoms with Crippen LogP contribution >= 0.6 is 46.6 Å². The SMILES string of the molecule is CNCC(C)N(C=O)c1ccc2c(c1)CN(C(=O)c1c(Sc3c(Cl)cccc3Cl)cc(C(F)(F)Cl)[nH]c1=O)C2. The number of H-pyrrole nitrogens is 1. The maximum atomic E-state index is 14.0. The van der Waals surface area contributed by atoms with Gasteiger partial charge in [-0.05, 0) is 67.0 Å². The van der Waals surface area contributed by atoms with Gasteiger partial charge in [-0.2, -0.15) is 8.78 Å². The Morgan fingerprint density at radius 2 is 1.87 bits per heavy atom. The summed E-state index contributed by atoms with van der Waals surface area (Å²) in [5.74, 6) is -0.667. The van der Waals surface area contributed by atoms with Crippen LogP contribution in [0.5, 0.6) is 0 Å². The number of carbonyl (C=O) groups excluding carboxylic acids is 2. The van der Waals surface area contributed by atoms with E-state index in [0.717, 1.165) is 35.4 Å². The first-order chi connectivity index (χ1) is 18.4. The summed E-state index contributed by atoms with van der Waals surface area (Å²) in [6, 6.07) is 11.0. The van der Waals surface area contributed by atoms with Crippen LogP contribution < -0.4 is 15.8 Å². The minimum atomic E-state index is -3.88. The molecule has 1 aliphatic heterocycles. The first-order valence-electron chi connectivity index (χ1n) is 11.7. The average Bonchev–Trinajstić information content (AvgIpc) is 3.29. The van der Waals surface area contributed by atoms with E-state index in [1.54, 1.807) is 36.2 Å². The fraction of sp³-hybridized carbons (Fsp3) is 0.269. The number of aromatic nitrogens is 1. The van der Waals surface area contributed by atoms with Gasteiger partial charge in [0.1, 0.15) is 11.3 Å². The molecule has 0 radical (unpaired) electrons. The second kappa shape index (κ2) is 11.9. The lowest BCUT2D eigenvalue weighted by atomic mass is 10.1. The van der Waals surface area contributed by atoms with Crippen LogP contribution in [0.4, 0.5) is 14.5 Å². The zero-order valence-corrected chi connectivity index (χ0v) is 23.8. The topological polar surface area (TPSA) is 85.5 Å². The molecule has 7 nitrogen and oxygen atoms in total. The van der Waals surface area contributed by atoms with Crippen molar-refractivity contribution in [1.82, 2.24) is 15.2 Å². The van der Waals surface area contributed by atoms with Crippen molar-refractivity contribution in [3.63, 3.8) is 0 Å². The van der Waals surface area contributed by atoms with Crippen molar-refractivity contribution in [2.45, 2.75) is 41.2 Å². The lowest BCUT2D eigenvalue weighted by molar-refractivity contribution is -0.107. The number of amides is 2. The molecule has 0 bridgehead atoms. The highest BCUT2D eigenvalue weighted by atomic mass is 35.5. The Balaban J connectivity index is 1.70. The summed E-state index contributed by atoms with van der Waals surface area (Å²) in [6.45, 7) is 2.82. The Morgan fingerprint density at radius 1 is 1.21 bits per heavy atom. The van der Waals surface area contributed by atoms with Crippen molar-refractivity contribution in [2.75, 3.05) is 18.5 Å². The van der Waals surface area contributed by atoms with Crippen LogP contribution in [0.25, 0.3) is 0 Å². The predicted molar refractivity (Wildman–Crippen MR) is 149 cm³/mol. The van der Waals surface area contributed by atoms with Crippen LogP contribution in [0.1, 0.15) is 34.1 Å². The first-order valence-corrected chi connectivity index (χ1v) is 13.6. The highest BCUT2D eigenvalue weighted by Crippen LogP contribution is 2.42. The molecule has 1 aliphatic rings. The van der Waals surface area contributed by atoms with Gasteiger partial charge in [-0.25, -0.2) is 0 Å². The third-order valence-corrected chi connectivity index (χ3v) is 8.48. The number of likely N-dealkylation sites (N-methyl/N-ethyl adjacent to an activating group) is 1. The van der Waals surface area contributed by atoms with E-state index in [2.05, 4.69) is 5.32 Å².